The quantitative estimate of drug-likeness (QED) is 0.646. The first kappa shape index (κ1) is 18.0. The summed E-state index contributed by atoms with van der Waals surface area (Å²) >= 11 is 0. The van der Waals surface area contributed by atoms with Crippen LogP contribution in [0.4, 0.5) is 18.0 Å². The lowest BCUT2D eigenvalue weighted by molar-refractivity contribution is -0.203. The van der Waals surface area contributed by atoms with Gasteiger partial charge in [-0.2, -0.15) is 13.2 Å². The number of urea groups is 1. The van der Waals surface area contributed by atoms with E-state index in [-0.39, 0.29) is 6.61 Å². The van der Waals surface area contributed by atoms with E-state index in [0.717, 1.165) is 0 Å². The van der Waals surface area contributed by atoms with E-state index in [4.69, 9.17) is 5.11 Å². The van der Waals surface area contributed by atoms with Crippen molar-refractivity contribution >= 4 is 18.0 Å². The molecule has 0 aromatic heterocycles. The van der Waals surface area contributed by atoms with Gasteiger partial charge in [-0.05, 0) is 20.8 Å². The second-order valence-corrected chi connectivity index (χ2v) is 4.00. The fourth-order valence-corrected chi connectivity index (χ4v) is 1.03. The van der Waals surface area contributed by atoms with Crippen LogP contribution in [0.1, 0.15) is 20.8 Å². The van der Waals surface area contributed by atoms with E-state index in [1.807, 2.05) is 5.32 Å². The van der Waals surface area contributed by atoms with Crippen LogP contribution < -0.4 is 10.6 Å². The number of aliphatic carboxylic acids is 1. The van der Waals surface area contributed by atoms with Gasteiger partial charge in [0.15, 0.2) is 0 Å². The largest absolute Gasteiger partial charge is 0.479 e. The maximum absolute atomic E-state index is 12.6. The molecule has 0 aliphatic carbocycles. The van der Waals surface area contributed by atoms with Crippen molar-refractivity contribution in [1.82, 2.24) is 10.6 Å². The number of esters is 1. The fraction of sp³-hybridized carbons (Fsp3) is 0.700. The van der Waals surface area contributed by atoms with Crippen molar-refractivity contribution in [2.45, 2.75) is 38.5 Å². The van der Waals surface area contributed by atoms with E-state index < -0.39 is 35.7 Å². The minimum atomic E-state index is -5.21. The van der Waals surface area contributed by atoms with Crippen molar-refractivity contribution in [2.75, 3.05) is 6.61 Å². The average Bonchev–Trinajstić information content (AvgIpc) is 2.26. The molecule has 0 fully saturated rings. The molecule has 20 heavy (non-hydrogen) atoms. The summed E-state index contributed by atoms with van der Waals surface area (Å²) in [5, 5.41) is 11.7. The van der Waals surface area contributed by atoms with E-state index in [2.05, 4.69) is 4.74 Å². The number of alkyl halides is 3. The molecule has 0 bridgehead atoms. The molecule has 0 aromatic rings. The normalized spacial score (nSPS) is 15.7. The molecule has 0 rings (SSSR count). The molecule has 0 saturated carbocycles. The van der Waals surface area contributed by atoms with Gasteiger partial charge in [-0.15, -0.1) is 0 Å². The Morgan fingerprint density at radius 3 is 2.15 bits per heavy atom. The van der Waals surface area contributed by atoms with Crippen LogP contribution in [0.2, 0.25) is 0 Å². The number of ether oxygens (including phenoxy) is 1. The molecule has 0 aliphatic heterocycles. The standard InChI is InChI=1S/C10H15F3N2O5/c1-4-20-6(16)5(2)14-8(19)15-9(3,7(17)18)10(11,12)13/h5H,4H2,1-3H3,(H,17,18)(H2,14,15,19). The molecule has 0 aromatic carbocycles. The number of hydrogen-bond donors (Lipinski definition) is 3. The number of carbonyl (C=O) groups is 3. The van der Waals surface area contributed by atoms with Gasteiger partial charge >= 0.3 is 24.1 Å². The Bertz CT molecular complexity index is 399. The van der Waals surface area contributed by atoms with Gasteiger partial charge in [-0.1, -0.05) is 0 Å². The molecule has 2 unspecified atom stereocenters. The molecule has 0 spiro atoms. The molecular weight excluding hydrogens is 285 g/mol. The second-order valence-electron chi connectivity index (χ2n) is 4.00. The summed E-state index contributed by atoms with van der Waals surface area (Å²) in [7, 11) is 0. The van der Waals surface area contributed by atoms with E-state index in [1.54, 1.807) is 0 Å². The smallest absolute Gasteiger partial charge is 0.422 e. The Morgan fingerprint density at radius 2 is 1.80 bits per heavy atom. The number of nitrogens with one attached hydrogen (secondary N) is 2. The van der Waals surface area contributed by atoms with Crippen LogP contribution in [0.25, 0.3) is 0 Å². The Kier molecular flexibility index (Phi) is 5.79. The summed E-state index contributed by atoms with van der Waals surface area (Å²) in [4.78, 5) is 33.2. The van der Waals surface area contributed by atoms with Crippen LogP contribution >= 0.6 is 0 Å². The van der Waals surface area contributed by atoms with Crippen molar-refractivity contribution in [3.05, 3.63) is 0 Å². The Hall–Kier alpha value is -2.00. The van der Waals surface area contributed by atoms with E-state index in [1.165, 1.54) is 19.2 Å². The van der Waals surface area contributed by atoms with Crippen molar-refractivity contribution in [3.63, 3.8) is 0 Å². The number of amides is 2. The molecule has 116 valence electrons. The first-order valence-corrected chi connectivity index (χ1v) is 5.51. The molecule has 7 nitrogen and oxygen atoms in total. The highest BCUT2D eigenvalue weighted by molar-refractivity contribution is 5.89. The van der Waals surface area contributed by atoms with Crippen LogP contribution in [0.3, 0.4) is 0 Å². The molecule has 0 saturated heterocycles. The summed E-state index contributed by atoms with van der Waals surface area (Å²) in [6.07, 6.45) is -5.21. The number of halogens is 3. The number of rotatable bonds is 5. The average molecular weight is 300 g/mol. The Morgan fingerprint density at radius 1 is 1.30 bits per heavy atom. The van der Waals surface area contributed by atoms with E-state index >= 15 is 0 Å². The van der Waals surface area contributed by atoms with Gasteiger partial charge in [-0.3, -0.25) is 0 Å². The third kappa shape index (κ3) is 4.28. The van der Waals surface area contributed by atoms with Gasteiger partial charge < -0.3 is 20.5 Å². The SMILES string of the molecule is CCOC(=O)C(C)NC(=O)NC(C)(C(=O)O)C(F)(F)F. The zero-order valence-corrected chi connectivity index (χ0v) is 11.0. The van der Waals surface area contributed by atoms with Crippen LogP contribution in [-0.4, -0.2) is 47.4 Å². The Balaban J connectivity index is 4.81. The predicted molar refractivity (Wildman–Crippen MR) is 59.9 cm³/mol. The van der Waals surface area contributed by atoms with E-state index in [0.29, 0.717) is 6.92 Å². The molecule has 0 radical (unpaired) electrons. The molecular formula is C10H15F3N2O5. The van der Waals surface area contributed by atoms with Gasteiger partial charge in [0.2, 0.25) is 5.54 Å². The number of carboxylic acids is 1. The molecule has 10 heteroatoms. The third-order valence-corrected chi connectivity index (χ3v) is 2.35. The number of hydrogen-bond acceptors (Lipinski definition) is 4. The monoisotopic (exact) mass is 300 g/mol. The topological polar surface area (TPSA) is 105 Å². The maximum Gasteiger partial charge on any atom is 0.422 e. The molecule has 0 heterocycles. The fourth-order valence-electron chi connectivity index (χ4n) is 1.03. The molecule has 3 N–H and O–H groups in total. The highest BCUT2D eigenvalue weighted by Gasteiger charge is 2.58. The van der Waals surface area contributed by atoms with Crippen LogP contribution in [0, 0.1) is 0 Å². The molecule has 0 aliphatic rings. The molecule has 2 amide bonds. The van der Waals surface area contributed by atoms with Crippen molar-refractivity contribution in [1.29, 1.82) is 0 Å². The van der Waals surface area contributed by atoms with Gasteiger partial charge in [-0.25, -0.2) is 14.4 Å². The zero-order chi connectivity index (χ0) is 16.1. The van der Waals surface area contributed by atoms with Gasteiger partial charge in [0.05, 0.1) is 6.61 Å². The highest BCUT2D eigenvalue weighted by atomic mass is 19.4. The van der Waals surface area contributed by atoms with Crippen LogP contribution in [-0.2, 0) is 14.3 Å². The second kappa shape index (κ2) is 6.44. The van der Waals surface area contributed by atoms with Crippen molar-refractivity contribution in [3.8, 4) is 0 Å². The van der Waals surface area contributed by atoms with Gasteiger partial charge in [0, 0.05) is 0 Å². The van der Waals surface area contributed by atoms with Gasteiger partial charge in [0.1, 0.15) is 6.04 Å². The van der Waals surface area contributed by atoms with Crippen molar-refractivity contribution in [2.24, 2.45) is 0 Å². The van der Waals surface area contributed by atoms with Crippen molar-refractivity contribution < 1.29 is 37.4 Å². The van der Waals surface area contributed by atoms with Crippen LogP contribution in [0.5, 0.6) is 0 Å². The summed E-state index contributed by atoms with van der Waals surface area (Å²) in [6, 6.07) is -2.67. The predicted octanol–water partition coefficient (Wildman–Crippen LogP) is 0.643. The lowest BCUT2D eigenvalue weighted by Gasteiger charge is -2.29. The van der Waals surface area contributed by atoms with Gasteiger partial charge in [0.25, 0.3) is 0 Å². The Labute approximate surface area is 112 Å². The number of carbonyl (C=O) groups excluding carboxylic acids is 2. The number of carboxylic acid groups (broad SMARTS) is 1. The summed E-state index contributed by atoms with van der Waals surface area (Å²) in [5.74, 6) is -3.13. The van der Waals surface area contributed by atoms with Crippen LogP contribution in [0.15, 0.2) is 0 Å². The summed E-state index contributed by atoms with van der Waals surface area (Å²) in [6.45, 7) is 3.02. The molecule has 2 atom stereocenters. The third-order valence-electron chi connectivity index (χ3n) is 2.35. The first-order valence-electron chi connectivity index (χ1n) is 5.51. The zero-order valence-electron chi connectivity index (χ0n) is 11.0. The lowest BCUT2D eigenvalue weighted by atomic mass is 10.0. The minimum Gasteiger partial charge on any atom is -0.479 e. The summed E-state index contributed by atoms with van der Waals surface area (Å²) < 4.78 is 42.4. The summed E-state index contributed by atoms with van der Waals surface area (Å²) in [5.41, 5.74) is -3.47. The first-order chi connectivity index (χ1) is 8.95. The van der Waals surface area contributed by atoms with E-state index in [9.17, 15) is 27.6 Å². The lowest BCUT2D eigenvalue weighted by Crippen LogP contribution is -2.64. The highest BCUT2D eigenvalue weighted by Crippen LogP contribution is 2.30. The maximum atomic E-state index is 12.6. The minimum absolute atomic E-state index is 0.0296.